The molecule has 0 fully saturated rings. The van der Waals surface area contributed by atoms with Gasteiger partial charge in [-0.3, -0.25) is 9.84 Å². The summed E-state index contributed by atoms with van der Waals surface area (Å²) in [7, 11) is -2.89. The number of hydrogen-bond acceptors (Lipinski definition) is 5. The van der Waals surface area contributed by atoms with Crippen LogP contribution in [0.15, 0.2) is 84.9 Å². The van der Waals surface area contributed by atoms with Crippen molar-refractivity contribution in [3.63, 3.8) is 0 Å². The minimum atomic E-state index is -4.51. The van der Waals surface area contributed by atoms with Crippen LogP contribution in [0.2, 0.25) is 0 Å². The Morgan fingerprint density at radius 1 is 0.839 bits per heavy atom. The highest BCUT2D eigenvalue weighted by atomic mass is 31.2. The van der Waals surface area contributed by atoms with Gasteiger partial charge in [0.25, 0.3) is 0 Å². The van der Waals surface area contributed by atoms with E-state index < -0.39 is 13.4 Å². The fourth-order valence-electron chi connectivity index (χ4n) is 3.40. The molecule has 0 saturated heterocycles. The minimum Gasteiger partial charge on any atom is -0.497 e. The number of methoxy groups -OCH3 is 1. The minimum absolute atomic E-state index is 0.264. The van der Waals surface area contributed by atoms with Gasteiger partial charge in [0.05, 0.1) is 13.7 Å². The van der Waals surface area contributed by atoms with Gasteiger partial charge in [0, 0.05) is 6.54 Å². The van der Waals surface area contributed by atoms with E-state index in [-0.39, 0.29) is 13.3 Å². The predicted molar refractivity (Wildman–Crippen MR) is 118 cm³/mol. The molecule has 0 aromatic heterocycles. The van der Waals surface area contributed by atoms with Crippen LogP contribution in [-0.2, 0) is 19.4 Å². The van der Waals surface area contributed by atoms with Gasteiger partial charge in [0.1, 0.15) is 18.1 Å². The number of hydrogen-bond donors (Lipinski definition) is 3. The zero-order chi connectivity index (χ0) is 22.2. The van der Waals surface area contributed by atoms with Crippen molar-refractivity contribution < 1.29 is 28.3 Å². The molecule has 7 nitrogen and oxygen atoms in total. The highest BCUT2D eigenvalue weighted by molar-refractivity contribution is 7.46. The third kappa shape index (κ3) is 6.02. The molecule has 0 spiro atoms. The van der Waals surface area contributed by atoms with Gasteiger partial charge in [-0.1, -0.05) is 72.8 Å². The molecular weight excluding hydrogens is 417 g/mol. The van der Waals surface area contributed by atoms with Crippen LogP contribution in [0, 0.1) is 0 Å². The third-order valence-electron chi connectivity index (χ3n) is 4.79. The lowest BCUT2D eigenvalue weighted by Gasteiger charge is -2.36. The molecule has 0 heterocycles. The van der Waals surface area contributed by atoms with Crippen LogP contribution in [0.25, 0.3) is 0 Å². The van der Waals surface area contributed by atoms with Crippen LogP contribution < -0.4 is 10.1 Å². The highest BCUT2D eigenvalue weighted by Crippen LogP contribution is 2.41. The van der Waals surface area contributed by atoms with Crippen molar-refractivity contribution >= 4 is 7.82 Å². The van der Waals surface area contributed by atoms with E-state index in [0.29, 0.717) is 6.54 Å². The van der Waals surface area contributed by atoms with Gasteiger partial charge >= 0.3 is 7.82 Å². The Kier molecular flexibility index (Phi) is 7.98. The second-order valence-corrected chi connectivity index (χ2v) is 7.99. The molecule has 0 amide bonds. The smallest absolute Gasteiger partial charge is 0.470 e. The molecule has 0 aliphatic rings. The number of ether oxygens (including phenoxy) is 2. The third-order valence-corrected chi connectivity index (χ3v) is 5.25. The number of nitrogens with one attached hydrogen (secondary N) is 1. The first-order chi connectivity index (χ1) is 15.0. The summed E-state index contributed by atoms with van der Waals surface area (Å²) in [5.74, 6) is 0.745. The highest BCUT2D eigenvalue weighted by Gasteiger charge is 2.37. The summed E-state index contributed by atoms with van der Waals surface area (Å²) in [4.78, 5) is 17.6. The van der Waals surface area contributed by atoms with Crippen molar-refractivity contribution in [2.75, 3.05) is 27.0 Å². The first-order valence-corrected chi connectivity index (χ1v) is 11.3. The van der Waals surface area contributed by atoms with E-state index in [9.17, 15) is 4.57 Å². The Bertz CT molecular complexity index is 936. The summed E-state index contributed by atoms with van der Waals surface area (Å²) >= 11 is 0. The summed E-state index contributed by atoms with van der Waals surface area (Å²) in [5, 5.41) is 2.83. The molecule has 0 aliphatic carbocycles. The zero-order valence-electron chi connectivity index (χ0n) is 17.2. The number of rotatable bonds is 11. The van der Waals surface area contributed by atoms with Gasteiger partial charge in [-0.15, -0.1) is 0 Å². The van der Waals surface area contributed by atoms with E-state index in [1.165, 1.54) is 0 Å². The molecule has 31 heavy (non-hydrogen) atoms. The van der Waals surface area contributed by atoms with E-state index >= 15 is 0 Å². The van der Waals surface area contributed by atoms with Crippen LogP contribution in [-0.4, -0.2) is 36.8 Å². The van der Waals surface area contributed by atoms with E-state index in [1.807, 2.05) is 84.9 Å². The van der Waals surface area contributed by atoms with Gasteiger partial charge in [-0.05, 0) is 28.8 Å². The summed E-state index contributed by atoms with van der Waals surface area (Å²) in [6, 6.07) is 27.6. The molecule has 0 aliphatic heterocycles. The molecule has 0 unspecified atom stereocenters. The van der Waals surface area contributed by atoms with Crippen molar-refractivity contribution in [3.8, 4) is 5.75 Å². The van der Waals surface area contributed by atoms with Crippen molar-refractivity contribution in [2.24, 2.45) is 0 Å². The van der Waals surface area contributed by atoms with E-state index in [0.717, 1.165) is 22.4 Å². The number of phosphoric ester groups is 1. The molecule has 0 radical (unpaired) electrons. The maximum absolute atomic E-state index is 10.8. The first kappa shape index (κ1) is 23.2. The fourth-order valence-corrected chi connectivity index (χ4v) is 3.66. The second kappa shape index (κ2) is 10.7. The van der Waals surface area contributed by atoms with Crippen molar-refractivity contribution in [2.45, 2.75) is 5.60 Å². The maximum Gasteiger partial charge on any atom is 0.470 e. The van der Waals surface area contributed by atoms with Gasteiger partial charge in [-0.25, -0.2) is 4.57 Å². The molecule has 3 rings (SSSR count). The topological polar surface area (TPSA) is 97.2 Å². The Hall–Kier alpha value is -2.51. The summed E-state index contributed by atoms with van der Waals surface area (Å²) in [6.07, 6.45) is 0. The molecular formula is C23H26NO6P. The van der Waals surface area contributed by atoms with Crippen molar-refractivity contribution in [1.29, 1.82) is 0 Å². The largest absolute Gasteiger partial charge is 0.497 e. The van der Waals surface area contributed by atoms with Gasteiger partial charge < -0.3 is 19.3 Å². The molecule has 3 aromatic rings. The average molecular weight is 443 g/mol. The Morgan fingerprint density at radius 2 is 1.35 bits per heavy atom. The molecule has 164 valence electrons. The van der Waals surface area contributed by atoms with E-state index in [4.69, 9.17) is 19.3 Å². The summed E-state index contributed by atoms with van der Waals surface area (Å²) in [6.45, 7) is 0.317. The quantitative estimate of drug-likeness (QED) is 0.180. The van der Waals surface area contributed by atoms with Gasteiger partial charge in [0.15, 0.2) is 0 Å². The van der Waals surface area contributed by atoms with Gasteiger partial charge in [0.2, 0.25) is 0 Å². The Labute approximate surface area is 181 Å². The van der Waals surface area contributed by atoms with E-state index in [2.05, 4.69) is 9.84 Å². The van der Waals surface area contributed by atoms with Crippen molar-refractivity contribution in [3.05, 3.63) is 102 Å². The monoisotopic (exact) mass is 443 g/mol. The second-order valence-electron chi connectivity index (χ2n) is 6.75. The van der Waals surface area contributed by atoms with Crippen LogP contribution in [0.5, 0.6) is 5.75 Å². The zero-order valence-corrected chi connectivity index (χ0v) is 18.1. The fraction of sp³-hybridized carbons (Fsp3) is 0.217. The molecule has 3 aromatic carbocycles. The average Bonchev–Trinajstić information content (AvgIpc) is 2.79. The standard InChI is InChI=1S/C23H26NO6P/c1-28-22-14-12-21(13-15-22)23(19-8-4-2-5-9-19,20-10-6-3-7-11-20)29-17-16-24-18-30-31(25,26)27/h2-15,24H,16-18H2,1H3,(H2,25,26,27). The SMILES string of the molecule is COc1ccc(C(OCCNCOP(=O)(O)O)(c2ccccc2)c2ccccc2)cc1. The molecule has 3 N–H and O–H groups in total. The van der Waals surface area contributed by atoms with Crippen LogP contribution in [0.1, 0.15) is 16.7 Å². The first-order valence-electron chi connectivity index (χ1n) is 9.76. The van der Waals surface area contributed by atoms with E-state index in [1.54, 1.807) is 7.11 Å². The Balaban J connectivity index is 1.94. The van der Waals surface area contributed by atoms with Gasteiger partial charge in [-0.2, -0.15) is 0 Å². The van der Waals surface area contributed by atoms with Crippen LogP contribution in [0.3, 0.4) is 0 Å². The molecule has 0 saturated carbocycles. The van der Waals surface area contributed by atoms with Crippen LogP contribution in [0.4, 0.5) is 0 Å². The summed E-state index contributed by atoms with van der Waals surface area (Å²) in [5.41, 5.74) is 1.95. The van der Waals surface area contributed by atoms with Crippen molar-refractivity contribution in [1.82, 2.24) is 5.32 Å². The Morgan fingerprint density at radius 3 is 1.84 bits per heavy atom. The lowest BCUT2D eigenvalue weighted by molar-refractivity contribution is 0.0127. The predicted octanol–water partition coefficient (Wildman–Crippen LogP) is 3.66. The van der Waals surface area contributed by atoms with Crippen LogP contribution >= 0.6 is 7.82 Å². The number of benzene rings is 3. The number of phosphoric acid groups is 1. The maximum atomic E-state index is 10.8. The molecule has 0 atom stereocenters. The lowest BCUT2D eigenvalue weighted by atomic mass is 9.80. The lowest BCUT2D eigenvalue weighted by Crippen LogP contribution is -2.35. The molecule has 8 heteroatoms. The molecule has 0 bridgehead atoms. The summed E-state index contributed by atoms with van der Waals surface area (Å²) < 4.78 is 27.1. The normalized spacial score (nSPS) is 12.0.